The Kier molecular flexibility index (Phi) is 5.16. The van der Waals surface area contributed by atoms with Gasteiger partial charge in [-0.1, -0.05) is 13.3 Å². The molecular formula is C11H18N4O3. The lowest BCUT2D eigenvalue weighted by Crippen LogP contribution is -2.46. The highest BCUT2D eigenvalue weighted by atomic mass is 16.4. The van der Waals surface area contributed by atoms with Gasteiger partial charge in [0.2, 0.25) is 0 Å². The van der Waals surface area contributed by atoms with Gasteiger partial charge in [0, 0.05) is 19.4 Å². The van der Waals surface area contributed by atoms with Crippen molar-refractivity contribution < 1.29 is 14.7 Å². The van der Waals surface area contributed by atoms with Gasteiger partial charge in [0.25, 0.3) is 0 Å². The number of nitrogens with one attached hydrogen (secondary N) is 2. The zero-order chi connectivity index (χ0) is 13.5. The fraction of sp³-hybridized carbons (Fsp3) is 0.545. The van der Waals surface area contributed by atoms with Crippen LogP contribution in [0.2, 0.25) is 0 Å². The van der Waals surface area contributed by atoms with E-state index in [0.29, 0.717) is 25.2 Å². The maximum Gasteiger partial charge on any atom is 0.326 e. The van der Waals surface area contributed by atoms with Crippen molar-refractivity contribution in [1.29, 1.82) is 0 Å². The van der Waals surface area contributed by atoms with Crippen LogP contribution in [0.3, 0.4) is 0 Å². The van der Waals surface area contributed by atoms with Crippen molar-refractivity contribution in [2.75, 3.05) is 7.05 Å². The number of hydrogen-bond donors (Lipinski definition) is 3. The molecule has 0 aliphatic rings. The van der Waals surface area contributed by atoms with E-state index in [1.807, 2.05) is 6.92 Å². The average Bonchev–Trinajstić information content (AvgIpc) is 2.80. The summed E-state index contributed by atoms with van der Waals surface area (Å²) in [6.07, 6.45) is 4.37. The highest BCUT2D eigenvalue weighted by molar-refractivity contribution is 5.82. The van der Waals surface area contributed by atoms with Gasteiger partial charge in [-0.15, -0.1) is 0 Å². The Hall–Kier alpha value is -2.05. The van der Waals surface area contributed by atoms with E-state index in [-0.39, 0.29) is 0 Å². The van der Waals surface area contributed by atoms with Gasteiger partial charge in [0.15, 0.2) is 0 Å². The molecule has 1 unspecified atom stereocenters. The van der Waals surface area contributed by atoms with Gasteiger partial charge in [0.05, 0.1) is 6.54 Å². The summed E-state index contributed by atoms with van der Waals surface area (Å²) < 4.78 is 0. The maximum atomic E-state index is 11.8. The van der Waals surface area contributed by atoms with Crippen LogP contribution in [-0.2, 0) is 11.3 Å². The number of hydrogen-bond acceptors (Lipinski definition) is 3. The first-order chi connectivity index (χ1) is 8.54. The second kappa shape index (κ2) is 6.63. The van der Waals surface area contributed by atoms with E-state index >= 15 is 0 Å². The van der Waals surface area contributed by atoms with Crippen molar-refractivity contribution in [1.82, 2.24) is 20.2 Å². The summed E-state index contributed by atoms with van der Waals surface area (Å²) in [7, 11) is 1.59. The van der Waals surface area contributed by atoms with Gasteiger partial charge in [-0.3, -0.25) is 0 Å². The molecule has 0 aliphatic heterocycles. The quantitative estimate of drug-likeness (QED) is 0.699. The summed E-state index contributed by atoms with van der Waals surface area (Å²) in [5.74, 6) is -0.369. The van der Waals surface area contributed by atoms with Crippen LogP contribution in [0.1, 0.15) is 25.6 Å². The average molecular weight is 254 g/mol. The number of nitrogens with zero attached hydrogens (tertiary/aromatic N) is 2. The molecule has 0 radical (unpaired) electrons. The van der Waals surface area contributed by atoms with Crippen LogP contribution in [-0.4, -0.2) is 45.1 Å². The standard InChI is InChI=1S/C11H18N4O3/c1-3-4-8(10(16)17)14-11(18)15(2)7-9-12-5-6-13-9/h5-6,8H,3-4,7H2,1-2H3,(H,12,13)(H,14,18)(H,16,17). The molecule has 18 heavy (non-hydrogen) atoms. The molecule has 100 valence electrons. The van der Waals surface area contributed by atoms with Crippen molar-refractivity contribution in [3.63, 3.8) is 0 Å². The lowest BCUT2D eigenvalue weighted by atomic mass is 10.2. The topological polar surface area (TPSA) is 98.3 Å². The number of urea groups is 1. The van der Waals surface area contributed by atoms with Crippen LogP contribution < -0.4 is 5.32 Å². The van der Waals surface area contributed by atoms with Crippen molar-refractivity contribution >= 4 is 12.0 Å². The molecule has 1 rings (SSSR count). The highest BCUT2D eigenvalue weighted by Crippen LogP contribution is 2.00. The third kappa shape index (κ3) is 4.08. The second-order valence-corrected chi connectivity index (χ2v) is 4.02. The predicted octanol–water partition coefficient (Wildman–Crippen LogP) is 0.804. The van der Waals surface area contributed by atoms with Crippen molar-refractivity contribution in [3.8, 4) is 0 Å². The molecule has 0 bridgehead atoms. The molecule has 7 heteroatoms. The third-order valence-electron chi connectivity index (χ3n) is 2.46. The second-order valence-electron chi connectivity index (χ2n) is 4.02. The Morgan fingerprint density at radius 3 is 2.83 bits per heavy atom. The minimum absolute atomic E-state index is 0.303. The Bertz CT molecular complexity index is 391. The summed E-state index contributed by atoms with van der Waals surface area (Å²) in [5, 5.41) is 11.4. The molecule has 0 aromatic carbocycles. The lowest BCUT2D eigenvalue weighted by molar-refractivity contribution is -0.139. The molecule has 0 fully saturated rings. The molecule has 0 aliphatic carbocycles. The van der Waals surface area contributed by atoms with E-state index in [1.165, 1.54) is 4.90 Å². The lowest BCUT2D eigenvalue weighted by Gasteiger charge is -2.20. The molecular weight excluding hydrogens is 236 g/mol. The molecule has 0 spiro atoms. The molecule has 0 saturated heterocycles. The Morgan fingerprint density at radius 1 is 1.61 bits per heavy atom. The number of imidazole rings is 1. The Morgan fingerprint density at radius 2 is 2.33 bits per heavy atom. The molecule has 7 nitrogen and oxygen atoms in total. The zero-order valence-electron chi connectivity index (χ0n) is 10.5. The summed E-state index contributed by atoms with van der Waals surface area (Å²) in [5.41, 5.74) is 0. The van der Waals surface area contributed by atoms with E-state index in [0.717, 1.165) is 0 Å². The van der Waals surface area contributed by atoms with E-state index in [2.05, 4.69) is 15.3 Å². The highest BCUT2D eigenvalue weighted by Gasteiger charge is 2.20. The zero-order valence-corrected chi connectivity index (χ0v) is 10.5. The van der Waals surface area contributed by atoms with Crippen LogP contribution in [0.5, 0.6) is 0 Å². The fourth-order valence-electron chi connectivity index (χ4n) is 1.49. The molecule has 2 amide bonds. The van der Waals surface area contributed by atoms with Crippen LogP contribution in [0.15, 0.2) is 12.4 Å². The molecule has 1 aromatic rings. The number of carboxylic acid groups (broad SMARTS) is 1. The number of rotatable bonds is 6. The van der Waals surface area contributed by atoms with Gasteiger partial charge >= 0.3 is 12.0 Å². The van der Waals surface area contributed by atoms with E-state index in [9.17, 15) is 9.59 Å². The largest absolute Gasteiger partial charge is 0.480 e. The number of carbonyl (C=O) groups is 2. The first kappa shape index (κ1) is 14.0. The minimum Gasteiger partial charge on any atom is -0.480 e. The SMILES string of the molecule is CCCC(NC(=O)N(C)Cc1ncc[nH]1)C(=O)O. The van der Waals surface area contributed by atoms with Crippen molar-refractivity contribution in [2.24, 2.45) is 0 Å². The molecule has 1 atom stereocenters. The Balaban J connectivity index is 2.50. The number of carboxylic acids is 1. The van der Waals surface area contributed by atoms with Gasteiger partial charge < -0.3 is 20.3 Å². The first-order valence-electron chi connectivity index (χ1n) is 5.77. The molecule has 3 N–H and O–H groups in total. The minimum atomic E-state index is -1.02. The molecule has 0 saturated carbocycles. The monoisotopic (exact) mass is 254 g/mol. The number of amides is 2. The number of H-pyrrole nitrogens is 1. The maximum absolute atomic E-state index is 11.8. The molecule has 1 aromatic heterocycles. The van der Waals surface area contributed by atoms with E-state index in [1.54, 1.807) is 19.4 Å². The van der Waals surface area contributed by atoms with Gasteiger partial charge in [-0.2, -0.15) is 0 Å². The number of aromatic amines is 1. The van der Waals surface area contributed by atoms with E-state index in [4.69, 9.17) is 5.11 Å². The van der Waals surface area contributed by atoms with Crippen LogP contribution in [0, 0.1) is 0 Å². The van der Waals surface area contributed by atoms with Gasteiger partial charge in [-0.05, 0) is 6.42 Å². The predicted molar refractivity (Wildman–Crippen MR) is 64.9 cm³/mol. The van der Waals surface area contributed by atoms with Gasteiger partial charge in [0.1, 0.15) is 11.9 Å². The summed E-state index contributed by atoms with van der Waals surface area (Å²) in [6.45, 7) is 2.17. The van der Waals surface area contributed by atoms with Crippen LogP contribution in [0.4, 0.5) is 4.79 Å². The molecule has 1 heterocycles. The first-order valence-corrected chi connectivity index (χ1v) is 5.77. The normalized spacial score (nSPS) is 11.9. The summed E-state index contributed by atoms with van der Waals surface area (Å²) in [4.78, 5) is 30.9. The smallest absolute Gasteiger partial charge is 0.326 e. The Labute approximate surface area is 105 Å². The van der Waals surface area contributed by atoms with Crippen molar-refractivity contribution in [3.05, 3.63) is 18.2 Å². The fourth-order valence-corrected chi connectivity index (χ4v) is 1.49. The number of aliphatic carboxylic acids is 1. The summed E-state index contributed by atoms with van der Waals surface area (Å²) in [6, 6.07) is -1.27. The third-order valence-corrected chi connectivity index (χ3v) is 2.46. The van der Waals surface area contributed by atoms with Crippen LogP contribution in [0.25, 0.3) is 0 Å². The van der Waals surface area contributed by atoms with Crippen molar-refractivity contribution in [2.45, 2.75) is 32.4 Å². The summed E-state index contributed by atoms with van der Waals surface area (Å²) >= 11 is 0. The van der Waals surface area contributed by atoms with Gasteiger partial charge in [-0.25, -0.2) is 14.6 Å². The number of carbonyl (C=O) groups excluding carboxylic acids is 1. The van der Waals surface area contributed by atoms with E-state index < -0.39 is 18.0 Å². The van der Waals surface area contributed by atoms with Crippen LogP contribution >= 0.6 is 0 Å². The number of aromatic nitrogens is 2.